The summed E-state index contributed by atoms with van der Waals surface area (Å²) in [6.07, 6.45) is 0.820. The van der Waals surface area contributed by atoms with Crippen LogP contribution >= 0.6 is 23.2 Å². The number of fused-ring (bicyclic) bond motifs is 1. The minimum absolute atomic E-state index is 0.0252. The van der Waals surface area contributed by atoms with Crippen LogP contribution in [0.2, 0.25) is 10.2 Å². The van der Waals surface area contributed by atoms with E-state index in [0.717, 1.165) is 5.56 Å². The highest BCUT2D eigenvalue weighted by molar-refractivity contribution is 6.31. The molecule has 2 atom stereocenters. The number of carbonyl (C=O) groups excluding carboxylic acids is 1. The maximum Gasteiger partial charge on any atom is 0.407 e. The Balaban J connectivity index is 1.19. The fourth-order valence-electron chi connectivity index (χ4n) is 5.96. The Hall–Kier alpha value is -3.90. The van der Waals surface area contributed by atoms with Crippen LogP contribution in [0.5, 0.6) is 0 Å². The summed E-state index contributed by atoms with van der Waals surface area (Å²) < 4.78 is 8.74. The van der Waals surface area contributed by atoms with Gasteiger partial charge in [-0.05, 0) is 67.8 Å². The van der Waals surface area contributed by atoms with E-state index < -0.39 is 17.7 Å². The topological polar surface area (TPSA) is 130 Å². The van der Waals surface area contributed by atoms with Crippen molar-refractivity contribution in [3.05, 3.63) is 92.6 Å². The molecule has 0 aliphatic carbocycles. The van der Waals surface area contributed by atoms with Crippen LogP contribution in [0.25, 0.3) is 16.7 Å². The molecule has 0 bridgehead atoms. The van der Waals surface area contributed by atoms with E-state index in [-0.39, 0.29) is 42.4 Å². The van der Waals surface area contributed by atoms with Crippen LogP contribution in [-0.4, -0.2) is 84.1 Å². The Morgan fingerprint density at radius 3 is 2.41 bits per heavy atom. The number of likely N-dealkylation sites (tertiary alicyclic amines) is 1. The first-order chi connectivity index (χ1) is 21.0. The van der Waals surface area contributed by atoms with E-state index >= 15 is 0 Å². The standard InChI is InChI=1S/C31H31Cl2N5O6/c1-19-15-37(30(41)42)25(16-44-19)20-4-8-23(9-5-20)38-26(33)14-24-27(38)34-18-36(29(24)40)17-31(43)10-12-35(13-11-31)28(39)21-2-6-22(32)7-3-21/h2-9,14,18-19,25,43H,10-13,15-17H2,1H3,(H,41,42)/t19-,25+/m0/s1. The first kappa shape index (κ1) is 30.1. The molecule has 2 aromatic carbocycles. The van der Waals surface area contributed by atoms with Gasteiger partial charge in [-0.2, -0.15) is 0 Å². The monoisotopic (exact) mass is 639 g/mol. The minimum Gasteiger partial charge on any atom is -0.465 e. The van der Waals surface area contributed by atoms with Gasteiger partial charge in [0, 0.05) is 29.4 Å². The number of aromatic nitrogens is 3. The van der Waals surface area contributed by atoms with Crippen molar-refractivity contribution >= 4 is 46.2 Å². The highest BCUT2D eigenvalue weighted by Crippen LogP contribution is 2.30. The maximum absolute atomic E-state index is 13.5. The average molecular weight is 641 g/mol. The summed E-state index contributed by atoms with van der Waals surface area (Å²) >= 11 is 12.5. The predicted molar refractivity (Wildman–Crippen MR) is 165 cm³/mol. The van der Waals surface area contributed by atoms with E-state index in [1.54, 1.807) is 51.9 Å². The maximum atomic E-state index is 13.5. The summed E-state index contributed by atoms with van der Waals surface area (Å²) in [6.45, 7) is 3.08. The first-order valence-corrected chi connectivity index (χ1v) is 15.0. The minimum atomic E-state index is -1.19. The van der Waals surface area contributed by atoms with E-state index in [4.69, 9.17) is 27.9 Å². The zero-order chi connectivity index (χ0) is 31.2. The number of rotatable bonds is 5. The third-order valence-electron chi connectivity index (χ3n) is 8.43. The quantitative estimate of drug-likeness (QED) is 0.326. The predicted octanol–water partition coefficient (Wildman–Crippen LogP) is 4.60. The van der Waals surface area contributed by atoms with Crippen molar-refractivity contribution in [2.75, 3.05) is 26.2 Å². The van der Waals surface area contributed by atoms with Gasteiger partial charge in [-0.1, -0.05) is 35.3 Å². The highest BCUT2D eigenvalue weighted by atomic mass is 35.5. The number of aliphatic hydroxyl groups is 1. The van der Waals surface area contributed by atoms with Crippen molar-refractivity contribution < 1.29 is 24.5 Å². The van der Waals surface area contributed by atoms with Crippen molar-refractivity contribution in [2.24, 2.45) is 0 Å². The second kappa shape index (κ2) is 11.9. The van der Waals surface area contributed by atoms with Crippen LogP contribution in [-0.2, 0) is 11.3 Å². The molecule has 13 heteroatoms. The zero-order valence-electron chi connectivity index (χ0n) is 23.9. The van der Waals surface area contributed by atoms with Crippen LogP contribution < -0.4 is 5.56 Å². The lowest BCUT2D eigenvalue weighted by Gasteiger charge is -2.38. The third kappa shape index (κ3) is 5.80. The molecular weight excluding hydrogens is 609 g/mol. The summed E-state index contributed by atoms with van der Waals surface area (Å²) in [4.78, 5) is 45.8. The van der Waals surface area contributed by atoms with E-state index in [0.29, 0.717) is 53.2 Å². The van der Waals surface area contributed by atoms with Gasteiger partial charge in [-0.15, -0.1) is 0 Å². The molecule has 230 valence electrons. The molecule has 4 heterocycles. The lowest BCUT2D eigenvalue weighted by Crippen LogP contribution is -2.49. The van der Waals surface area contributed by atoms with Crippen molar-refractivity contribution in [1.29, 1.82) is 0 Å². The average Bonchev–Trinajstić information content (AvgIpc) is 3.35. The number of morpholine rings is 1. The van der Waals surface area contributed by atoms with Gasteiger partial charge in [0.1, 0.15) is 11.5 Å². The molecule has 2 saturated heterocycles. The van der Waals surface area contributed by atoms with E-state index in [2.05, 4.69) is 4.98 Å². The molecule has 2 aliphatic heterocycles. The number of amides is 2. The second-order valence-electron chi connectivity index (χ2n) is 11.4. The summed E-state index contributed by atoms with van der Waals surface area (Å²) in [6, 6.07) is 15.0. The molecule has 2 N–H and O–H groups in total. The highest BCUT2D eigenvalue weighted by Gasteiger charge is 2.35. The van der Waals surface area contributed by atoms with Crippen molar-refractivity contribution in [1.82, 2.24) is 23.9 Å². The SMILES string of the molecule is C[C@H]1CN(C(=O)O)[C@@H](c2ccc(-n3c(Cl)cc4c(=O)n(CC5(O)CCN(C(=O)c6ccc(Cl)cc6)CC5)cnc43)cc2)CO1. The van der Waals surface area contributed by atoms with Crippen LogP contribution in [0, 0.1) is 0 Å². The summed E-state index contributed by atoms with van der Waals surface area (Å²) in [5.74, 6) is -0.131. The van der Waals surface area contributed by atoms with Gasteiger partial charge in [0.05, 0.1) is 42.8 Å². The number of benzene rings is 2. The number of ether oxygens (including phenoxy) is 1. The smallest absolute Gasteiger partial charge is 0.407 e. The second-order valence-corrected chi connectivity index (χ2v) is 12.3. The first-order valence-electron chi connectivity index (χ1n) is 14.3. The Labute approximate surface area is 262 Å². The number of carboxylic acid groups (broad SMARTS) is 1. The molecule has 44 heavy (non-hydrogen) atoms. The third-order valence-corrected chi connectivity index (χ3v) is 8.96. The molecule has 2 fully saturated rings. The van der Waals surface area contributed by atoms with Crippen LogP contribution in [0.15, 0.2) is 65.7 Å². The molecule has 0 saturated carbocycles. The van der Waals surface area contributed by atoms with Gasteiger partial charge in [0.2, 0.25) is 0 Å². The van der Waals surface area contributed by atoms with Crippen LogP contribution in [0.4, 0.5) is 4.79 Å². The lowest BCUT2D eigenvalue weighted by atomic mass is 9.91. The Kier molecular flexibility index (Phi) is 8.14. The molecule has 11 nitrogen and oxygen atoms in total. The largest absolute Gasteiger partial charge is 0.465 e. The van der Waals surface area contributed by atoms with Gasteiger partial charge in [0.25, 0.3) is 11.5 Å². The Bertz CT molecular complexity index is 1760. The zero-order valence-corrected chi connectivity index (χ0v) is 25.4. The van der Waals surface area contributed by atoms with E-state index in [9.17, 15) is 24.6 Å². The van der Waals surface area contributed by atoms with Gasteiger partial charge in [0.15, 0.2) is 5.65 Å². The molecule has 2 amide bonds. The van der Waals surface area contributed by atoms with Gasteiger partial charge >= 0.3 is 6.09 Å². The van der Waals surface area contributed by atoms with Crippen molar-refractivity contribution in [3.8, 4) is 5.69 Å². The van der Waals surface area contributed by atoms with Crippen molar-refractivity contribution in [3.63, 3.8) is 0 Å². The fraction of sp³-hybridized carbons (Fsp3) is 0.355. The van der Waals surface area contributed by atoms with Gasteiger partial charge in [-0.3, -0.25) is 23.6 Å². The molecule has 0 radical (unpaired) electrons. The summed E-state index contributed by atoms with van der Waals surface area (Å²) in [5, 5.41) is 22.1. The lowest BCUT2D eigenvalue weighted by molar-refractivity contribution is -0.0465. The molecule has 2 aromatic heterocycles. The van der Waals surface area contributed by atoms with Crippen LogP contribution in [0.3, 0.4) is 0 Å². The summed E-state index contributed by atoms with van der Waals surface area (Å²) in [7, 11) is 0. The molecule has 6 rings (SSSR count). The summed E-state index contributed by atoms with van der Waals surface area (Å²) in [5.41, 5.74) is 0.790. The number of hydrogen-bond donors (Lipinski definition) is 2. The number of halogens is 2. The number of piperidine rings is 1. The fourth-order valence-corrected chi connectivity index (χ4v) is 6.37. The molecule has 4 aromatic rings. The number of carbonyl (C=O) groups is 2. The molecule has 0 unspecified atom stereocenters. The molecule has 2 aliphatic rings. The molecular formula is C31H31Cl2N5O6. The van der Waals surface area contributed by atoms with Gasteiger partial charge < -0.3 is 19.8 Å². The Morgan fingerprint density at radius 2 is 1.75 bits per heavy atom. The Morgan fingerprint density at radius 1 is 1.07 bits per heavy atom. The number of nitrogens with zero attached hydrogens (tertiary/aromatic N) is 5. The van der Waals surface area contributed by atoms with Gasteiger partial charge in [-0.25, -0.2) is 9.78 Å². The van der Waals surface area contributed by atoms with E-state index in [1.165, 1.54) is 15.8 Å². The normalized spacial score (nSPS) is 20.2. The van der Waals surface area contributed by atoms with Crippen LogP contribution in [0.1, 0.15) is 41.7 Å². The van der Waals surface area contributed by atoms with E-state index in [1.807, 2.05) is 19.1 Å². The number of hydrogen-bond acceptors (Lipinski definition) is 6. The van der Waals surface area contributed by atoms with Crippen molar-refractivity contribution in [2.45, 2.75) is 44.1 Å². The molecule has 0 spiro atoms.